The Morgan fingerprint density at radius 3 is 2.75 bits per heavy atom. The lowest BCUT2D eigenvalue weighted by Crippen LogP contribution is -2.08. The number of nitrogens with zero attached hydrogens (tertiary/aromatic N) is 4. The van der Waals surface area contributed by atoms with Crippen molar-refractivity contribution in [1.29, 1.82) is 0 Å². The minimum absolute atomic E-state index is 0.756. The van der Waals surface area contributed by atoms with Gasteiger partial charge in [-0.15, -0.1) is 0 Å². The van der Waals surface area contributed by atoms with Crippen molar-refractivity contribution < 1.29 is 0 Å². The number of benzene rings is 1. The molecule has 0 amide bonds. The van der Waals surface area contributed by atoms with Gasteiger partial charge in [0.2, 0.25) is 0 Å². The first-order valence-electron chi connectivity index (χ1n) is 6.82. The summed E-state index contributed by atoms with van der Waals surface area (Å²) in [6, 6.07) is 8.07. The van der Waals surface area contributed by atoms with E-state index in [2.05, 4.69) is 27.3 Å². The van der Waals surface area contributed by atoms with Gasteiger partial charge in [-0.05, 0) is 30.7 Å². The standard InChI is InChI=1S/C15H17N5/c1-2-9-20-13(5-6-19-20)11-18-12-3-4-14-15(10-12)17-8-7-16-14/h3-8,10,18H,2,9,11H2,1H3. The quantitative estimate of drug-likeness (QED) is 0.772. The molecule has 0 atom stereocenters. The summed E-state index contributed by atoms with van der Waals surface area (Å²) in [5, 5.41) is 7.73. The molecule has 0 saturated heterocycles. The maximum Gasteiger partial charge on any atom is 0.0907 e. The molecule has 0 aliphatic heterocycles. The molecule has 0 saturated carbocycles. The number of rotatable bonds is 5. The van der Waals surface area contributed by atoms with Gasteiger partial charge in [-0.3, -0.25) is 14.6 Å². The summed E-state index contributed by atoms with van der Waals surface area (Å²) in [4.78, 5) is 8.58. The minimum Gasteiger partial charge on any atom is -0.379 e. The summed E-state index contributed by atoms with van der Waals surface area (Å²) in [6.07, 6.45) is 6.35. The summed E-state index contributed by atoms with van der Waals surface area (Å²) in [7, 11) is 0. The second kappa shape index (κ2) is 5.69. The van der Waals surface area contributed by atoms with E-state index in [1.54, 1.807) is 12.4 Å². The van der Waals surface area contributed by atoms with Gasteiger partial charge in [-0.1, -0.05) is 6.92 Å². The summed E-state index contributed by atoms with van der Waals surface area (Å²) < 4.78 is 2.04. The molecule has 0 unspecified atom stereocenters. The fraction of sp³-hybridized carbons (Fsp3) is 0.267. The molecule has 0 aliphatic carbocycles. The van der Waals surface area contributed by atoms with Crippen LogP contribution in [0.25, 0.3) is 11.0 Å². The third-order valence-electron chi connectivity index (χ3n) is 3.18. The van der Waals surface area contributed by atoms with Crippen LogP contribution in [-0.2, 0) is 13.1 Å². The van der Waals surface area contributed by atoms with E-state index in [0.29, 0.717) is 0 Å². The number of fused-ring (bicyclic) bond motifs is 1. The van der Waals surface area contributed by atoms with Gasteiger partial charge < -0.3 is 5.32 Å². The van der Waals surface area contributed by atoms with Gasteiger partial charge in [0.05, 0.1) is 23.3 Å². The topological polar surface area (TPSA) is 55.6 Å². The number of aryl methyl sites for hydroxylation is 1. The average molecular weight is 267 g/mol. The van der Waals surface area contributed by atoms with Crippen molar-refractivity contribution in [3.05, 3.63) is 48.5 Å². The highest BCUT2D eigenvalue weighted by atomic mass is 15.3. The Hall–Kier alpha value is -2.43. The molecule has 102 valence electrons. The zero-order valence-corrected chi connectivity index (χ0v) is 11.5. The molecule has 3 rings (SSSR count). The molecule has 2 heterocycles. The van der Waals surface area contributed by atoms with Gasteiger partial charge in [0.25, 0.3) is 0 Å². The third-order valence-corrected chi connectivity index (χ3v) is 3.18. The first kappa shape index (κ1) is 12.6. The van der Waals surface area contributed by atoms with Gasteiger partial charge in [0.15, 0.2) is 0 Å². The maximum atomic E-state index is 4.32. The molecule has 0 bridgehead atoms. The molecule has 0 aliphatic rings. The number of nitrogens with one attached hydrogen (secondary N) is 1. The van der Waals surface area contributed by atoms with E-state index in [-0.39, 0.29) is 0 Å². The van der Waals surface area contributed by atoms with Crippen molar-refractivity contribution in [2.75, 3.05) is 5.32 Å². The second-order valence-corrected chi connectivity index (χ2v) is 4.66. The van der Waals surface area contributed by atoms with E-state index in [4.69, 9.17) is 0 Å². The summed E-state index contributed by atoms with van der Waals surface area (Å²) >= 11 is 0. The van der Waals surface area contributed by atoms with Crippen LogP contribution in [0.2, 0.25) is 0 Å². The van der Waals surface area contributed by atoms with Gasteiger partial charge >= 0.3 is 0 Å². The second-order valence-electron chi connectivity index (χ2n) is 4.66. The number of aromatic nitrogens is 4. The predicted octanol–water partition coefficient (Wildman–Crippen LogP) is 2.85. The predicted molar refractivity (Wildman–Crippen MR) is 79.4 cm³/mol. The molecule has 20 heavy (non-hydrogen) atoms. The van der Waals surface area contributed by atoms with Crippen molar-refractivity contribution in [3.63, 3.8) is 0 Å². The highest BCUT2D eigenvalue weighted by Crippen LogP contribution is 2.16. The smallest absolute Gasteiger partial charge is 0.0907 e. The first-order chi connectivity index (χ1) is 9.86. The third kappa shape index (κ3) is 2.61. The first-order valence-corrected chi connectivity index (χ1v) is 6.82. The lowest BCUT2D eigenvalue weighted by Gasteiger charge is -2.09. The molecule has 1 aromatic carbocycles. The summed E-state index contributed by atoms with van der Waals surface area (Å²) in [5.41, 5.74) is 4.04. The largest absolute Gasteiger partial charge is 0.379 e. The zero-order chi connectivity index (χ0) is 13.8. The molecular formula is C15H17N5. The Morgan fingerprint density at radius 2 is 1.90 bits per heavy atom. The lowest BCUT2D eigenvalue weighted by atomic mass is 10.2. The molecule has 0 radical (unpaired) electrons. The highest BCUT2D eigenvalue weighted by Gasteiger charge is 2.02. The molecule has 2 aromatic heterocycles. The van der Waals surface area contributed by atoms with Crippen LogP contribution in [0, 0.1) is 0 Å². The van der Waals surface area contributed by atoms with Gasteiger partial charge in [0.1, 0.15) is 0 Å². The molecule has 0 spiro atoms. The Kier molecular flexibility index (Phi) is 3.58. The van der Waals surface area contributed by atoms with Crippen LogP contribution in [0.4, 0.5) is 5.69 Å². The van der Waals surface area contributed by atoms with Crippen molar-refractivity contribution in [2.24, 2.45) is 0 Å². The van der Waals surface area contributed by atoms with Crippen LogP contribution < -0.4 is 5.32 Å². The van der Waals surface area contributed by atoms with Crippen LogP contribution >= 0.6 is 0 Å². The van der Waals surface area contributed by atoms with Crippen molar-refractivity contribution in [1.82, 2.24) is 19.7 Å². The van der Waals surface area contributed by atoms with Gasteiger partial charge in [-0.2, -0.15) is 5.10 Å². The van der Waals surface area contributed by atoms with E-state index < -0.39 is 0 Å². The molecule has 3 aromatic rings. The minimum atomic E-state index is 0.756. The van der Waals surface area contributed by atoms with Crippen molar-refractivity contribution in [2.45, 2.75) is 26.4 Å². The Bertz CT molecular complexity index is 704. The number of anilines is 1. The van der Waals surface area contributed by atoms with Crippen LogP contribution in [0.1, 0.15) is 19.0 Å². The molecular weight excluding hydrogens is 250 g/mol. The molecule has 5 heteroatoms. The monoisotopic (exact) mass is 267 g/mol. The Balaban J connectivity index is 1.74. The summed E-state index contributed by atoms with van der Waals surface area (Å²) in [6.45, 7) is 3.86. The normalized spacial score (nSPS) is 10.8. The number of hydrogen-bond acceptors (Lipinski definition) is 4. The molecule has 5 nitrogen and oxygen atoms in total. The number of hydrogen-bond donors (Lipinski definition) is 1. The van der Waals surface area contributed by atoms with E-state index in [1.165, 1.54) is 5.69 Å². The van der Waals surface area contributed by atoms with E-state index in [1.807, 2.05) is 35.1 Å². The highest BCUT2D eigenvalue weighted by molar-refractivity contribution is 5.78. The summed E-state index contributed by atoms with van der Waals surface area (Å²) in [5.74, 6) is 0. The van der Waals surface area contributed by atoms with Crippen LogP contribution in [0.3, 0.4) is 0 Å². The van der Waals surface area contributed by atoms with E-state index in [0.717, 1.165) is 36.2 Å². The van der Waals surface area contributed by atoms with E-state index >= 15 is 0 Å². The van der Waals surface area contributed by atoms with Crippen LogP contribution in [0.5, 0.6) is 0 Å². The molecule has 1 N–H and O–H groups in total. The fourth-order valence-corrected chi connectivity index (χ4v) is 2.19. The maximum absolute atomic E-state index is 4.32. The average Bonchev–Trinajstić information content (AvgIpc) is 2.93. The van der Waals surface area contributed by atoms with Crippen molar-refractivity contribution >= 4 is 16.7 Å². The molecule has 0 fully saturated rings. The van der Waals surface area contributed by atoms with Crippen LogP contribution in [-0.4, -0.2) is 19.7 Å². The fourth-order valence-electron chi connectivity index (χ4n) is 2.19. The Morgan fingerprint density at radius 1 is 1.05 bits per heavy atom. The van der Waals surface area contributed by atoms with E-state index in [9.17, 15) is 0 Å². The van der Waals surface area contributed by atoms with Gasteiger partial charge in [-0.25, -0.2) is 0 Å². The lowest BCUT2D eigenvalue weighted by molar-refractivity contribution is 0.578. The SMILES string of the molecule is CCCn1nccc1CNc1ccc2nccnc2c1. The Labute approximate surface area is 117 Å². The zero-order valence-electron chi connectivity index (χ0n) is 11.5. The van der Waals surface area contributed by atoms with Gasteiger partial charge in [0, 0.05) is 30.8 Å². The van der Waals surface area contributed by atoms with Crippen molar-refractivity contribution in [3.8, 4) is 0 Å². The van der Waals surface area contributed by atoms with Crippen LogP contribution in [0.15, 0.2) is 42.9 Å².